The third kappa shape index (κ3) is 5.57. The Hall–Kier alpha value is -2.53. The van der Waals surface area contributed by atoms with Crippen LogP contribution in [0.4, 0.5) is 0 Å². The molecule has 1 fully saturated rings. The lowest BCUT2D eigenvalue weighted by Crippen LogP contribution is -2.26. The monoisotopic (exact) mass is 469 g/mol. The number of hydrogen-bond donors (Lipinski definition) is 0. The summed E-state index contributed by atoms with van der Waals surface area (Å²) < 4.78 is 4.79. The first-order valence-corrected chi connectivity index (χ1v) is 13.3. The summed E-state index contributed by atoms with van der Waals surface area (Å²) >= 11 is 1.90. The quantitative estimate of drug-likeness (QED) is 0.256. The highest BCUT2D eigenvalue weighted by molar-refractivity contribution is 7.96. The van der Waals surface area contributed by atoms with E-state index in [4.69, 9.17) is 0 Å². The Morgan fingerprint density at radius 3 is 2.35 bits per heavy atom. The second kappa shape index (κ2) is 10.8. The van der Waals surface area contributed by atoms with Crippen molar-refractivity contribution < 1.29 is 0 Å². The van der Waals surface area contributed by atoms with Crippen molar-refractivity contribution in [1.29, 1.82) is 0 Å². The van der Waals surface area contributed by atoms with E-state index < -0.39 is 0 Å². The minimum atomic E-state index is 0.658. The van der Waals surface area contributed by atoms with Crippen molar-refractivity contribution in [3.63, 3.8) is 0 Å². The standard InChI is InChI=1S/C30H35N3S/c1-31-17-9-14-28(31)19-27-22-33(21-25-12-7-4-8-13-25)30-16-15-26(18-29(27)30)23-34-32(2)20-24-10-5-3-6-11-24/h3-8,10-13,15-16,18,22,28H,9,14,17,19-21,23H2,1-2H3/t28-/m1/s1. The third-order valence-electron chi connectivity index (χ3n) is 7.05. The molecule has 0 aliphatic carbocycles. The number of likely N-dealkylation sites (tertiary alicyclic amines) is 1. The van der Waals surface area contributed by atoms with Gasteiger partial charge in [-0.15, -0.1) is 0 Å². The molecule has 0 spiro atoms. The van der Waals surface area contributed by atoms with Gasteiger partial charge in [0.1, 0.15) is 0 Å². The van der Waals surface area contributed by atoms with E-state index in [0.717, 1.165) is 25.3 Å². The van der Waals surface area contributed by atoms with E-state index in [1.807, 2.05) is 11.9 Å². The maximum Gasteiger partial charge on any atom is 0.0486 e. The molecule has 3 aromatic carbocycles. The van der Waals surface area contributed by atoms with Gasteiger partial charge in [0.25, 0.3) is 0 Å². The normalized spacial score (nSPS) is 16.6. The highest BCUT2D eigenvalue weighted by Gasteiger charge is 2.23. The van der Waals surface area contributed by atoms with Gasteiger partial charge in [0.2, 0.25) is 0 Å². The van der Waals surface area contributed by atoms with Crippen LogP contribution in [-0.2, 0) is 25.3 Å². The van der Waals surface area contributed by atoms with Crippen LogP contribution in [0.25, 0.3) is 10.9 Å². The zero-order valence-corrected chi connectivity index (χ0v) is 21.2. The minimum absolute atomic E-state index is 0.658. The summed E-state index contributed by atoms with van der Waals surface area (Å²) in [7, 11) is 4.47. The first kappa shape index (κ1) is 23.2. The molecule has 0 saturated carbocycles. The van der Waals surface area contributed by atoms with Crippen LogP contribution in [0.15, 0.2) is 85.1 Å². The van der Waals surface area contributed by atoms with Crippen LogP contribution in [0.2, 0.25) is 0 Å². The van der Waals surface area contributed by atoms with Gasteiger partial charge in [-0.1, -0.05) is 78.7 Å². The van der Waals surface area contributed by atoms with Gasteiger partial charge in [0.05, 0.1) is 0 Å². The molecule has 2 heterocycles. The summed E-state index contributed by atoms with van der Waals surface area (Å²) in [6.07, 6.45) is 6.18. The predicted octanol–water partition coefficient (Wildman–Crippen LogP) is 6.61. The number of aromatic nitrogens is 1. The van der Waals surface area contributed by atoms with Gasteiger partial charge in [-0.3, -0.25) is 0 Å². The lowest BCUT2D eigenvalue weighted by molar-refractivity contribution is 0.309. The van der Waals surface area contributed by atoms with Crippen LogP contribution < -0.4 is 0 Å². The molecule has 4 aromatic rings. The summed E-state index contributed by atoms with van der Waals surface area (Å²) in [6, 6.07) is 29.3. The Kier molecular flexibility index (Phi) is 7.39. The van der Waals surface area contributed by atoms with Crippen LogP contribution in [-0.4, -0.2) is 40.5 Å². The zero-order chi connectivity index (χ0) is 23.3. The fourth-order valence-corrected chi connectivity index (χ4v) is 5.93. The SMILES string of the molecule is CN(Cc1ccccc1)SCc1ccc2c(c1)c(C[C@H]1CCCN1C)cn2Cc1ccccc1. The van der Waals surface area contributed by atoms with Crippen LogP contribution in [0.1, 0.15) is 35.1 Å². The molecule has 0 unspecified atom stereocenters. The van der Waals surface area contributed by atoms with Crippen LogP contribution >= 0.6 is 11.9 Å². The Bertz CT molecular complexity index is 1200. The molecule has 34 heavy (non-hydrogen) atoms. The summed E-state index contributed by atoms with van der Waals surface area (Å²) in [6.45, 7) is 3.11. The molecule has 0 amide bonds. The van der Waals surface area contributed by atoms with E-state index in [9.17, 15) is 0 Å². The van der Waals surface area contributed by atoms with Crippen LogP contribution in [0.5, 0.6) is 0 Å². The Labute approximate surface area is 208 Å². The molecule has 1 saturated heterocycles. The maximum atomic E-state index is 2.54. The lowest BCUT2D eigenvalue weighted by atomic mass is 10.0. The Morgan fingerprint density at radius 1 is 0.912 bits per heavy atom. The van der Waals surface area contributed by atoms with E-state index in [1.165, 1.54) is 52.5 Å². The second-order valence-corrected chi connectivity index (χ2v) is 10.8. The van der Waals surface area contributed by atoms with Crippen molar-refractivity contribution in [2.24, 2.45) is 0 Å². The average molecular weight is 470 g/mol. The molecule has 4 heteroatoms. The molecule has 0 bridgehead atoms. The zero-order valence-electron chi connectivity index (χ0n) is 20.4. The van der Waals surface area contributed by atoms with Crippen LogP contribution in [0, 0.1) is 0 Å². The molecule has 1 aliphatic heterocycles. The summed E-state index contributed by atoms with van der Waals surface area (Å²) in [5.74, 6) is 0.992. The highest BCUT2D eigenvalue weighted by atomic mass is 32.2. The van der Waals surface area contributed by atoms with Crippen molar-refractivity contribution in [2.45, 2.75) is 44.1 Å². The maximum absolute atomic E-state index is 2.54. The fourth-order valence-electron chi connectivity index (χ4n) is 5.14. The summed E-state index contributed by atoms with van der Waals surface area (Å²) in [4.78, 5) is 2.54. The molecule has 3 nitrogen and oxygen atoms in total. The van der Waals surface area contributed by atoms with Gasteiger partial charge >= 0.3 is 0 Å². The Balaban J connectivity index is 1.36. The van der Waals surface area contributed by atoms with Crippen molar-refractivity contribution in [1.82, 2.24) is 13.8 Å². The molecule has 0 radical (unpaired) electrons. The van der Waals surface area contributed by atoms with Gasteiger partial charge in [-0.2, -0.15) is 0 Å². The van der Waals surface area contributed by atoms with Crippen molar-refractivity contribution in [3.8, 4) is 0 Å². The van der Waals surface area contributed by atoms with Gasteiger partial charge < -0.3 is 9.47 Å². The molecule has 0 N–H and O–H groups in total. The van der Waals surface area contributed by atoms with Crippen molar-refractivity contribution in [2.75, 3.05) is 20.6 Å². The fraction of sp³-hybridized carbons (Fsp3) is 0.333. The van der Waals surface area contributed by atoms with E-state index in [2.05, 4.69) is 113 Å². The number of likely N-dealkylation sites (N-methyl/N-ethyl adjacent to an activating group) is 1. The second-order valence-electron chi connectivity index (χ2n) is 9.65. The smallest absolute Gasteiger partial charge is 0.0486 e. The van der Waals surface area contributed by atoms with Crippen LogP contribution in [0.3, 0.4) is 0 Å². The van der Waals surface area contributed by atoms with E-state index in [-0.39, 0.29) is 0 Å². The number of benzene rings is 3. The summed E-state index contributed by atoms with van der Waals surface area (Å²) in [5, 5.41) is 1.43. The lowest BCUT2D eigenvalue weighted by Gasteiger charge is -2.19. The molecule has 1 aliphatic rings. The molecular weight excluding hydrogens is 434 g/mol. The number of nitrogens with zero attached hydrogens (tertiary/aromatic N) is 3. The first-order valence-electron chi connectivity index (χ1n) is 12.4. The largest absolute Gasteiger partial charge is 0.343 e. The molecular formula is C30H35N3S. The Morgan fingerprint density at radius 2 is 1.65 bits per heavy atom. The average Bonchev–Trinajstić information content (AvgIpc) is 3.42. The van der Waals surface area contributed by atoms with Crippen molar-refractivity contribution >= 4 is 22.9 Å². The number of hydrogen-bond acceptors (Lipinski definition) is 3. The number of rotatable bonds is 9. The van der Waals surface area contributed by atoms with E-state index in [1.54, 1.807) is 0 Å². The van der Waals surface area contributed by atoms with Crippen molar-refractivity contribution in [3.05, 3.63) is 107 Å². The molecule has 176 valence electrons. The van der Waals surface area contributed by atoms with Gasteiger partial charge in [-0.25, -0.2) is 4.31 Å². The highest BCUT2D eigenvalue weighted by Crippen LogP contribution is 2.29. The third-order valence-corrected chi connectivity index (χ3v) is 8.08. The summed E-state index contributed by atoms with van der Waals surface area (Å²) in [5.41, 5.74) is 6.95. The molecule has 5 rings (SSSR count). The number of fused-ring (bicyclic) bond motifs is 1. The topological polar surface area (TPSA) is 11.4 Å². The van der Waals surface area contributed by atoms with Gasteiger partial charge in [-0.05, 0) is 74.3 Å². The predicted molar refractivity (Wildman–Crippen MR) is 146 cm³/mol. The van der Waals surface area contributed by atoms with Gasteiger partial charge in [0, 0.05) is 42.0 Å². The van der Waals surface area contributed by atoms with E-state index in [0.29, 0.717) is 6.04 Å². The minimum Gasteiger partial charge on any atom is -0.343 e. The van der Waals surface area contributed by atoms with E-state index >= 15 is 0 Å². The van der Waals surface area contributed by atoms with Gasteiger partial charge in [0.15, 0.2) is 0 Å². The molecule has 1 aromatic heterocycles. The molecule has 1 atom stereocenters. The first-order chi connectivity index (χ1) is 16.7.